The van der Waals surface area contributed by atoms with E-state index in [2.05, 4.69) is 0 Å². The number of rotatable bonds is 8. The molecule has 1 atom stereocenters. The first-order valence-corrected chi connectivity index (χ1v) is 10.5. The van der Waals surface area contributed by atoms with Gasteiger partial charge in [-0.05, 0) is 12.1 Å². The number of para-hydroxylation sites is 1. The zero-order chi connectivity index (χ0) is 21.7. The summed E-state index contributed by atoms with van der Waals surface area (Å²) in [5, 5.41) is -0.239. The second-order valence-electron chi connectivity index (χ2n) is 6.60. The lowest BCUT2D eigenvalue weighted by Crippen LogP contribution is -2.37. The maximum absolute atomic E-state index is 13.0. The van der Waals surface area contributed by atoms with Crippen LogP contribution in [0.15, 0.2) is 30.3 Å². The molecule has 0 aromatic heterocycles. The second-order valence-corrected chi connectivity index (χ2v) is 7.78. The fourth-order valence-corrected chi connectivity index (χ4v) is 4.81. The van der Waals surface area contributed by atoms with Crippen molar-refractivity contribution >= 4 is 17.7 Å². The SMILES string of the molecule is COc1cc(OC)c(C2SCCC(=O)N2Cc2cccc(OC)c2OC)cc1OC. The molecule has 0 radical (unpaired) electrons. The molecule has 1 heterocycles. The van der Waals surface area contributed by atoms with Gasteiger partial charge in [0.25, 0.3) is 0 Å². The normalized spacial score (nSPS) is 16.2. The van der Waals surface area contributed by atoms with E-state index < -0.39 is 0 Å². The predicted molar refractivity (Wildman–Crippen MR) is 116 cm³/mol. The minimum atomic E-state index is -0.239. The molecule has 1 fully saturated rings. The van der Waals surface area contributed by atoms with Gasteiger partial charge in [-0.25, -0.2) is 0 Å². The van der Waals surface area contributed by atoms with Gasteiger partial charge >= 0.3 is 0 Å². The molecular formula is C22H27NO6S. The Kier molecular flexibility index (Phi) is 7.20. The van der Waals surface area contributed by atoms with E-state index in [1.54, 1.807) is 53.4 Å². The Morgan fingerprint density at radius 1 is 0.900 bits per heavy atom. The molecule has 1 aliphatic heterocycles. The predicted octanol–water partition coefficient (Wildman–Crippen LogP) is 3.89. The van der Waals surface area contributed by atoms with Crippen LogP contribution in [0.1, 0.15) is 22.9 Å². The van der Waals surface area contributed by atoms with Crippen molar-refractivity contribution in [3.05, 3.63) is 41.5 Å². The second kappa shape index (κ2) is 9.84. The summed E-state index contributed by atoms with van der Waals surface area (Å²) in [7, 11) is 7.97. The lowest BCUT2D eigenvalue weighted by molar-refractivity contribution is -0.132. The molecule has 162 valence electrons. The van der Waals surface area contributed by atoms with Gasteiger partial charge in [-0.15, -0.1) is 11.8 Å². The molecule has 30 heavy (non-hydrogen) atoms. The van der Waals surface area contributed by atoms with Gasteiger partial charge in [0.05, 0.1) is 42.1 Å². The largest absolute Gasteiger partial charge is 0.496 e. The molecule has 3 rings (SSSR count). The van der Waals surface area contributed by atoms with Gasteiger partial charge < -0.3 is 28.6 Å². The number of carbonyl (C=O) groups is 1. The minimum absolute atomic E-state index is 0.0699. The molecule has 2 aromatic carbocycles. The number of nitrogens with zero attached hydrogens (tertiary/aromatic N) is 1. The molecule has 8 heteroatoms. The topological polar surface area (TPSA) is 66.5 Å². The number of ether oxygens (including phenoxy) is 5. The van der Waals surface area contributed by atoms with E-state index >= 15 is 0 Å². The van der Waals surface area contributed by atoms with Gasteiger partial charge in [0.2, 0.25) is 5.91 Å². The first kappa shape index (κ1) is 22.0. The zero-order valence-corrected chi connectivity index (χ0v) is 18.7. The molecule has 0 bridgehead atoms. The van der Waals surface area contributed by atoms with Crippen LogP contribution in [-0.2, 0) is 11.3 Å². The standard InChI is InChI=1S/C22H27NO6S/c1-25-16-8-6-7-14(21(16)29-5)13-23-20(24)9-10-30-22(23)15-11-18(27-3)19(28-4)12-17(15)26-2/h6-8,11-12,22H,9-10,13H2,1-5H3. The van der Waals surface area contributed by atoms with Crippen LogP contribution < -0.4 is 23.7 Å². The third-order valence-electron chi connectivity index (χ3n) is 5.02. The number of thioether (sulfide) groups is 1. The van der Waals surface area contributed by atoms with Crippen LogP contribution in [0.5, 0.6) is 28.7 Å². The zero-order valence-electron chi connectivity index (χ0n) is 17.9. The van der Waals surface area contributed by atoms with E-state index in [1.165, 1.54) is 0 Å². The van der Waals surface area contributed by atoms with Crippen molar-refractivity contribution in [1.82, 2.24) is 4.90 Å². The maximum atomic E-state index is 13.0. The number of benzene rings is 2. The van der Waals surface area contributed by atoms with Gasteiger partial charge in [-0.2, -0.15) is 0 Å². The molecule has 1 aliphatic rings. The molecule has 1 saturated heterocycles. The summed E-state index contributed by atoms with van der Waals surface area (Å²) >= 11 is 1.69. The lowest BCUT2D eigenvalue weighted by Gasteiger charge is -2.36. The van der Waals surface area contributed by atoms with Gasteiger partial charge in [0.1, 0.15) is 11.1 Å². The fourth-order valence-electron chi connectivity index (χ4n) is 3.56. The summed E-state index contributed by atoms with van der Waals surface area (Å²) in [4.78, 5) is 14.8. The summed E-state index contributed by atoms with van der Waals surface area (Å²) in [6.45, 7) is 0.383. The van der Waals surface area contributed by atoms with Crippen LogP contribution in [0.2, 0.25) is 0 Å². The molecule has 7 nitrogen and oxygen atoms in total. The van der Waals surface area contributed by atoms with Gasteiger partial charge in [0.15, 0.2) is 23.0 Å². The van der Waals surface area contributed by atoms with Crippen LogP contribution >= 0.6 is 11.8 Å². The minimum Gasteiger partial charge on any atom is -0.496 e. The summed E-state index contributed by atoms with van der Waals surface area (Å²) in [5.41, 5.74) is 1.73. The Morgan fingerprint density at radius 2 is 1.57 bits per heavy atom. The summed E-state index contributed by atoms with van der Waals surface area (Å²) in [6.07, 6.45) is 0.475. The smallest absolute Gasteiger partial charge is 0.224 e. The first-order valence-electron chi connectivity index (χ1n) is 9.48. The van der Waals surface area contributed by atoms with E-state index in [-0.39, 0.29) is 11.3 Å². The number of hydrogen-bond donors (Lipinski definition) is 0. The molecule has 2 aromatic rings. The van der Waals surface area contributed by atoms with E-state index in [4.69, 9.17) is 23.7 Å². The maximum Gasteiger partial charge on any atom is 0.224 e. The lowest BCUT2D eigenvalue weighted by atomic mass is 10.1. The van der Waals surface area contributed by atoms with Crippen LogP contribution in [0.4, 0.5) is 0 Å². The summed E-state index contributed by atoms with van der Waals surface area (Å²) in [5.74, 6) is 3.86. The highest BCUT2D eigenvalue weighted by Crippen LogP contribution is 2.46. The van der Waals surface area contributed by atoms with Crippen molar-refractivity contribution in [3.8, 4) is 28.7 Å². The average Bonchev–Trinajstić information content (AvgIpc) is 2.79. The van der Waals surface area contributed by atoms with Crippen LogP contribution in [0, 0.1) is 0 Å². The number of amides is 1. The third kappa shape index (κ3) is 4.23. The molecule has 0 aliphatic carbocycles. The highest BCUT2D eigenvalue weighted by molar-refractivity contribution is 7.99. The molecule has 1 amide bonds. The van der Waals surface area contributed by atoms with Crippen molar-refractivity contribution in [3.63, 3.8) is 0 Å². The van der Waals surface area contributed by atoms with Crippen molar-refractivity contribution < 1.29 is 28.5 Å². The Morgan fingerprint density at radius 3 is 2.20 bits per heavy atom. The van der Waals surface area contributed by atoms with Crippen LogP contribution in [0.3, 0.4) is 0 Å². The Hall–Kier alpha value is -2.74. The molecule has 0 N–H and O–H groups in total. The Bertz CT molecular complexity index is 903. The van der Waals surface area contributed by atoms with Crippen molar-refractivity contribution in [2.24, 2.45) is 0 Å². The number of hydrogen-bond acceptors (Lipinski definition) is 7. The van der Waals surface area contributed by atoms with E-state index in [0.29, 0.717) is 41.7 Å². The first-order chi connectivity index (χ1) is 14.6. The van der Waals surface area contributed by atoms with Crippen molar-refractivity contribution in [2.45, 2.75) is 18.3 Å². The van der Waals surface area contributed by atoms with Crippen molar-refractivity contribution in [1.29, 1.82) is 0 Å². The van der Waals surface area contributed by atoms with Gasteiger partial charge in [-0.1, -0.05) is 12.1 Å². The number of methoxy groups -OCH3 is 5. The van der Waals surface area contributed by atoms with E-state index in [9.17, 15) is 4.79 Å². The summed E-state index contributed by atoms with van der Waals surface area (Å²) in [6, 6.07) is 9.34. The molecule has 1 unspecified atom stereocenters. The van der Waals surface area contributed by atoms with E-state index in [1.807, 2.05) is 29.2 Å². The van der Waals surface area contributed by atoms with E-state index in [0.717, 1.165) is 16.9 Å². The summed E-state index contributed by atoms with van der Waals surface area (Å²) < 4.78 is 27.5. The third-order valence-corrected chi connectivity index (χ3v) is 6.29. The fraction of sp³-hybridized carbons (Fsp3) is 0.409. The monoisotopic (exact) mass is 433 g/mol. The van der Waals surface area contributed by atoms with Crippen molar-refractivity contribution in [2.75, 3.05) is 41.3 Å². The average molecular weight is 434 g/mol. The Labute approximate surface area is 181 Å². The van der Waals surface area contributed by atoms with Crippen LogP contribution in [-0.4, -0.2) is 52.1 Å². The van der Waals surface area contributed by atoms with Gasteiger partial charge in [-0.3, -0.25) is 4.79 Å². The highest BCUT2D eigenvalue weighted by Gasteiger charge is 2.33. The van der Waals surface area contributed by atoms with Gasteiger partial charge in [0, 0.05) is 29.4 Å². The quantitative estimate of drug-likeness (QED) is 0.626. The Balaban J connectivity index is 2.04. The number of carbonyl (C=O) groups excluding carboxylic acids is 1. The van der Waals surface area contributed by atoms with Crippen LogP contribution in [0.25, 0.3) is 0 Å². The molecule has 0 saturated carbocycles. The highest BCUT2D eigenvalue weighted by atomic mass is 32.2. The molecular weight excluding hydrogens is 406 g/mol. The molecule has 0 spiro atoms.